The quantitative estimate of drug-likeness (QED) is 0.539. The number of hydrogen-bond acceptors (Lipinski definition) is 8. The molecule has 0 saturated carbocycles. The number of carbonyl (C=O) groups is 2. The van der Waals surface area contributed by atoms with Crippen LogP contribution in [-0.4, -0.2) is 46.8 Å². The second-order valence-electron chi connectivity index (χ2n) is 5.89. The first-order valence-corrected chi connectivity index (χ1v) is 10.1. The SMILES string of the molecule is CCOc1ccc(C(=O)NCC(=O)Nc2nnc(-c3ccccn3)s2)cc1OCC. The van der Waals surface area contributed by atoms with Crippen molar-refractivity contribution in [3.05, 3.63) is 48.2 Å². The van der Waals surface area contributed by atoms with Crippen LogP contribution in [0, 0.1) is 0 Å². The van der Waals surface area contributed by atoms with E-state index in [0.29, 0.717) is 46.1 Å². The zero-order valence-corrected chi connectivity index (χ0v) is 17.4. The Balaban J connectivity index is 1.56. The fourth-order valence-electron chi connectivity index (χ4n) is 2.48. The van der Waals surface area contributed by atoms with Crippen LogP contribution in [0.1, 0.15) is 24.2 Å². The lowest BCUT2D eigenvalue weighted by atomic mass is 10.2. The molecule has 0 aliphatic rings. The molecule has 0 saturated heterocycles. The van der Waals surface area contributed by atoms with Gasteiger partial charge in [0.15, 0.2) is 16.5 Å². The molecular formula is C20H21N5O4S. The molecule has 30 heavy (non-hydrogen) atoms. The van der Waals surface area contributed by atoms with E-state index < -0.39 is 11.8 Å². The van der Waals surface area contributed by atoms with Crippen LogP contribution in [0.25, 0.3) is 10.7 Å². The first kappa shape index (κ1) is 21.2. The lowest BCUT2D eigenvalue weighted by Crippen LogP contribution is -2.32. The summed E-state index contributed by atoms with van der Waals surface area (Å²) < 4.78 is 11.0. The lowest BCUT2D eigenvalue weighted by Gasteiger charge is -2.12. The van der Waals surface area contributed by atoms with E-state index in [9.17, 15) is 9.59 Å². The molecule has 0 unspecified atom stereocenters. The van der Waals surface area contributed by atoms with Gasteiger partial charge in [-0.15, -0.1) is 10.2 Å². The molecule has 1 aromatic carbocycles. The van der Waals surface area contributed by atoms with Gasteiger partial charge >= 0.3 is 0 Å². The average Bonchev–Trinajstić information content (AvgIpc) is 3.22. The Hall–Kier alpha value is -3.53. The van der Waals surface area contributed by atoms with E-state index in [0.717, 1.165) is 0 Å². The van der Waals surface area contributed by atoms with Crippen LogP contribution >= 0.6 is 11.3 Å². The normalized spacial score (nSPS) is 10.3. The van der Waals surface area contributed by atoms with Gasteiger partial charge in [-0.25, -0.2) is 0 Å². The van der Waals surface area contributed by atoms with Crippen molar-refractivity contribution >= 4 is 28.3 Å². The topological polar surface area (TPSA) is 115 Å². The first-order chi connectivity index (χ1) is 14.6. The molecule has 0 fully saturated rings. The van der Waals surface area contributed by atoms with Crippen molar-refractivity contribution in [1.82, 2.24) is 20.5 Å². The minimum absolute atomic E-state index is 0.214. The maximum atomic E-state index is 12.4. The van der Waals surface area contributed by atoms with Crippen LogP contribution in [0.5, 0.6) is 11.5 Å². The Kier molecular flexibility index (Phi) is 7.28. The van der Waals surface area contributed by atoms with Crippen LogP contribution in [0.4, 0.5) is 5.13 Å². The number of nitrogens with zero attached hydrogens (tertiary/aromatic N) is 3. The second-order valence-corrected chi connectivity index (χ2v) is 6.86. The zero-order valence-electron chi connectivity index (χ0n) is 16.5. The predicted molar refractivity (Wildman–Crippen MR) is 113 cm³/mol. The molecule has 156 valence electrons. The molecule has 3 rings (SSSR count). The minimum atomic E-state index is -0.414. The molecule has 0 spiro atoms. The van der Waals surface area contributed by atoms with Gasteiger partial charge in [0.1, 0.15) is 5.69 Å². The van der Waals surface area contributed by atoms with E-state index in [1.807, 2.05) is 19.9 Å². The van der Waals surface area contributed by atoms with Crippen molar-refractivity contribution in [3.63, 3.8) is 0 Å². The van der Waals surface area contributed by atoms with Crippen LogP contribution in [0.15, 0.2) is 42.6 Å². The van der Waals surface area contributed by atoms with Crippen molar-refractivity contribution in [2.24, 2.45) is 0 Å². The Morgan fingerprint density at radius 3 is 2.57 bits per heavy atom. The summed E-state index contributed by atoms with van der Waals surface area (Å²) in [5.41, 5.74) is 1.03. The largest absolute Gasteiger partial charge is 0.490 e. The number of anilines is 1. The highest BCUT2D eigenvalue weighted by atomic mass is 32.1. The Bertz CT molecular complexity index is 1010. The fraction of sp³-hybridized carbons (Fsp3) is 0.250. The molecule has 2 aromatic heterocycles. The molecule has 2 amide bonds. The Morgan fingerprint density at radius 1 is 1.03 bits per heavy atom. The van der Waals surface area contributed by atoms with Gasteiger partial charge in [-0.1, -0.05) is 17.4 Å². The summed E-state index contributed by atoms with van der Waals surface area (Å²) in [6.45, 7) is 4.43. The lowest BCUT2D eigenvalue weighted by molar-refractivity contribution is -0.115. The van der Waals surface area contributed by atoms with Crippen molar-refractivity contribution in [3.8, 4) is 22.2 Å². The van der Waals surface area contributed by atoms with Gasteiger partial charge in [0.2, 0.25) is 11.0 Å². The van der Waals surface area contributed by atoms with Crippen LogP contribution in [0.3, 0.4) is 0 Å². The highest BCUT2D eigenvalue weighted by Crippen LogP contribution is 2.28. The van der Waals surface area contributed by atoms with Gasteiger partial charge in [0.25, 0.3) is 5.91 Å². The number of carbonyl (C=O) groups excluding carboxylic acids is 2. The molecule has 10 heteroatoms. The molecule has 0 radical (unpaired) electrons. The van der Waals surface area contributed by atoms with Crippen molar-refractivity contribution in [2.75, 3.05) is 25.1 Å². The summed E-state index contributed by atoms with van der Waals surface area (Å²) in [6.07, 6.45) is 1.66. The Labute approximate surface area is 177 Å². The smallest absolute Gasteiger partial charge is 0.251 e. The summed E-state index contributed by atoms with van der Waals surface area (Å²) in [5, 5.41) is 14.1. The van der Waals surface area contributed by atoms with Crippen molar-refractivity contribution in [1.29, 1.82) is 0 Å². The molecule has 0 bridgehead atoms. The van der Waals surface area contributed by atoms with E-state index in [2.05, 4.69) is 25.8 Å². The van der Waals surface area contributed by atoms with E-state index in [-0.39, 0.29) is 6.54 Å². The molecule has 2 heterocycles. The van der Waals surface area contributed by atoms with E-state index in [1.54, 1.807) is 36.5 Å². The Morgan fingerprint density at radius 2 is 1.83 bits per heavy atom. The molecule has 2 N–H and O–H groups in total. The second kappa shape index (κ2) is 10.3. The van der Waals surface area contributed by atoms with Crippen LogP contribution in [0.2, 0.25) is 0 Å². The third-order valence-corrected chi connectivity index (χ3v) is 4.63. The van der Waals surface area contributed by atoms with Crippen LogP contribution < -0.4 is 20.1 Å². The standard InChI is InChI=1S/C20H21N5O4S/c1-3-28-15-9-8-13(11-16(15)29-4-2)18(27)22-12-17(26)23-20-25-24-19(30-20)14-7-5-6-10-21-14/h5-11H,3-4,12H2,1-2H3,(H,22,27)(H,23,25,26). The maximum absolute atomic E-state index is 12.4. The van der Waals surface area contributed by atoms with Crippen LogP contribution in [-0.2, 0) is 4.79 Å². The molecule has 0 aliphatic carbocycles. The molecular weight excluding hydrogens is 406 g/mol. The number of ether oxygens (including phenoxy) is 2. The maximum Gasteiger partial charge on any atom is 0.251 e. The van der Waals surface area contributed by atoms with Gasteiger partial charge in [-0.3, -0.25) is 19.9 Å². The fourth-order valence-corrected chi connectivity index (χ4v) is 3.22. The van der Waals surface area contributed by atoms with E-state index in [1.165, 1.54) is 11.3 Å². The summed E-state index contributed by atoms with van der Waals surface area (Å²) in [6, 6.07) is 10.3. The third kappa shape index (κ3) is 5.51. The van der Waals surface area contributed by atoms with Gasteiger partial charge in [0.05, 0.1) is 19.8 Å². The number of hydrogen-bond donors (Lipinski definition) is 2. The highest BCUT2D eigenvalue weighted by Gasteiger charge is 2.14. The van der Waals surface area contributed by atoms with Gasteiger partial charge in [-0.2, -0.15) is 0 Å². The third-order valence-electron chi connectivity index (χ3n) is 3.77. The molecule has 3 aromatic rings. The number of amides is 2. The number of nitrogens with one attached hydrogen (secondary N) is 2. The number of rotatable bonds is 9. The minimum Gasteiger partial charge on any atom is -0.490 e. The summed E-state index contributed by atoms with van der Waals surface area (Å²) in [7, 11) is 0. The van der Waals surface area contributed by atoms with Crippen molar-refractivity contribution < 1.29 is 19.1 Å². The van der Waals surface area contributed by atoms with E-state index in [4.69, 9.17) is 9.47 Å². The monoisotopic (exact) mass is 427 g/mol. The zero-order chi connectivity index (χ0) is 21.3. The summed E-state index contributed by atoms with van der Waals surface area (Å²) in [4.78, 5) is 28.7. The molecule has 9 nitrogen and oxygen atoms in total. The van der Waals surface area contributed by atoms with Gasteiger partial charge in [-0.05, 0) is 44.2 Å². The molecule has 0 aliphatic heterocycles. The average molecular weight is 427 g/mol. The van der Waals surface area contributed by atoms with E-state index >= 15 is 0 Å². The summed E-state index contributed by atoms with van der Waals surface area (Å²) >= 11 is 1.20. The van der Waals surface area contributed by atoms with Gasteiger partial charge in [0, 0.05) is 11.8 Å². The number of benzene rings is 1. The number of pyridine rings is 1. The van der Waals surface area contributed by atoms with Crippen molar-refractivity contribution in [2.45, 2.75) is 13.8 Å². The summed E-state index contributed by atoms with van der Waals surface area (Å²) in [5.74, 6) is 0.226. The van der Waals surface area contributed by atoms with Gasteiger partial charge < -0.3 is 14.8 Å². The highest BCUT2D eigenvalue weighted by molar-refractivity contribution is 7.18. The molecule has 0 atom stereocenters. The number of aromatic nitrogens is 3. The first-order valence-electron chi connectivity index (χ1n) is 9.33. The predicted octanol–water partition coefficient (Wildman–Crippen LogP) is 2.77.